The summed E-state index contributed by atoms with van der Waals surface area (Å²) in [7, 11) is 0. The second kappa shape index (κ2) is 8.64. The summed E-state index contributed by atoms with van der Waals surface area (Å²) in [5, 5.41) is 4.04. The Morgan fingerprint density at radius 1 is 0.969 bits per heavy atom. The Hall–Kier alpha value is -3.37. The standard InChI is InChI=1S/C28H27NO3/c1-28(21-11-6-3-7-12-21,22-13-8-16-29-19-22)32-23-14-15-26-24(17-23)25(30)18-27(31-26)20-9-4-2-5-10-20/h2-7,9-12,14-15,17-18,22,29H,8,13,16,19H2,1H3. The molecule has 1 aliphatic heterocycles. The summed E-state index contributed by atoms with van der Waals surface area (Å²) >= 11 is 0. The van der Waals surface area contributed by atoms with Gasteiger partial charge in [-0.15, -0.1) is 0 Å². The number of nitrogens with one attached hydrogen (secondary N) is 1. The maximum Gasteiger partial charge on any atom is 0.193 e. The van der Waals surface area contributed by atoms with E-state index in [0.717, 1.165) is 37.1 Å². The minimum atomic E-state index is -0.507. The van der Waals surface area contributed by atoms with Crippen LogP contribution < -0.4 is 15.5 Å². The van der Waals surface area contributed by atoms with Crippen LogP contribution in [0.2, 0.25) is 0 Å². The molecule has 3 aromatic carbocycles. The Morgan fingerprint density at radius 2 is 1.72 bits per heavy atom. The van der Waals surface area contributed by atoms with Crippen LogP contribution in [0.4, 0.5) is 0 Å². The van der Waals surface area contributed by atoms with Crippen LogP contribution in [0.5, 0.6) is 5.75 Å². The highest BCUT2D eigenvalue weighted by Gasteiger charge is 2.39. The second-order valence-electron chi connectivity index (χ2n) is 8.62. The first-order valence-electron chi connectivity index (χ1n) is 11.2. The molecule has 0 spiro atoms. The van der Waals surface area contributed by atoms with Crippen molar-refractivity contribution in [3.8, 4) is 17.1 Å². The fourth-order valence-electron chi connectivity index (χ4n) is 4.66. The molecule has 1 N–H and O–H groups in total. The first-order valence-corrected chi connectivity index (χ1v) is 11.2. The van der Waals surface area contributed by atoms with Crippen molar-refractivity contribution in [2.75, 3.05) is 13.1 Å². The van der Waals surface area contributed by atoms with Gasteiger partial charge in [0, 0.05) is 24.1 Å². The molecule has 2 unspecified atom stereocenters. The predicted molar refractivity (Wildman–Crippen MR) is 128 cm³/mol. The van der Waals surface area contributed by atoms with Crippen LogP contribution in [0.1, 0.15) is 25.3 Å². The van der Waals surface area contributed by atoms with Crippen LogP contribution in [0, 0.1) is 5.92 Å². The van der Waals surface area contributed by atoms with Crippen molar-refractivity contribution in [2.24, 2.45) is 5.92 Å². The molecule has 0 radical (unpaired) electrons. The van der Waals surface area contributed by atoms with Crippen LogP contribution in [0.15, 0.2) is 94.1 Å². The van der Waals surface area contributed by atoms with Gasteiger partial charge >= 0.3 is 0 Å². The summed E-state index contributed by atoms with van der Waals surface area (Å²) < 4.78 is 12.7. The SMILES string of the molecule is CC(Oc1ccc2oc(-c3ccccc3)cc(=O)c2c1)(c1ccccc1)C1CCCNC1. The first-order chi connectivity index (χ1) is 15.6. The van der Waals surface area contributed by atoms with Crippen molar-refractivity contribution in [1.82, 2.24) is 5.32 Å². The number of hydrogen-bond donors (Lipinski definition) is 1. The molecule has 2 heterocycles. The predicted octanol–water partition coefficient (Wildman–Crippen LogP) is 5.75. The van der Waals surface area contributed by atoms with Crippen molar-refractivity contribution in [3.63, 3.8) is 0 Å². The molecule has 1 aromatic heterocycles. The average molecular weight is 426 g/mol. The molecule has 4 nitrogen and oxygen atoms in total. The molecular weight excluding hydrogens is 398 g/mol. The van der Waals surface area contributed by atoms with Gasteiger partial charge in [-0.1, -0.05) is 60.7 Å². The van der Waals surface area contributed by atoms with Gasteiger partial charge < -0.3 is 14.5 Å². The molecule has 32 heavy (non-hydrogen) atoms. The van der Waals surface area contributed by atoms with E-state index in [1.807, 2.05) is 66.7 Å². The highest BCUT2D eigenvalue weighted by molar-refractivity contribution is 5.80. The maximum atomic E-state index is 12.9. The topological polar surface area (TPSA) is 51.5 Å². The molecule has 0 aliphatic carbocycles. The number of ether oxygens (including phenoxy) is 1. The summed E-state index contributed by atoms with van der Waals surface area (Å²) in [5.74, 6) is 1.57. The molecule has 0 amide bonds. The van der Waals surface area contributed by atoms with Crippen LogP contribution >= 0.6 is 0 Å². The summed E-state index contributed by atoms with van der Waals surface area (Å²) in [4.78, 5) is 12.9. The zero-order valence-electron chi connectivity index (χ0n) is 18.2. The van der Waals surface area contributed by atoms with Gasteiger partial charge in [0.2, 0.25) is 0 Å². The third-order valence-electron chi connectivity index (χ3n) is 6.51. The van der Waals surface area contributed by atoms with Crippen molar-refractivity contribution in [2.45, 2.75) is 25.4 Å². The smallest absolute Gasteiger partial charge is 0.193 e. The van der Waals surface area contributed by atoms with E-state index < -0.39 is 5.60 Å². The van der Waals surface area contributed by atoms with E-state index in [1.54, 1.807) is 6.07 Å². The van der Waals surface area contributed by atoms with Crippen molar-refractivity contribution in [3.05, 3.63) is 101 Å². The van der Waals surface area contributed by atoms with Gasteiger partial charge in [0.05, 0.1) is 5.39 Å². The third-order valence-corrected chi connectivity index (χ3v) is 6.51. The van der Waals surface area contributed by atoms with Crippen LogP contribution in [0.3, 0.4) is 0 Å². The lowest BCUT2D eigenvalue weighted by Crippen LogP contribution is -2.46. The van der Waals surface area contributed by atoms with E-state index in [-0.39, 0.29) is 5.43 Å². The van der Waals surface area contributed by atoms with Crippen molar-refractivity contribution < 1.29 is 9.15 Å². The fraction of sp³-hybridized carbons (Fsp3) is 0.250. The molecule has 2 atom stereocenters. The molecule has 1 fully saturated rings. The summed E-state index contributed by atoms with van der Waals surface area (Å²) in [6.07, 6.45) is 2.22. The average Bonchev–Trinajstić information content (AvgIpc) is 2.86. The van der Waals surface area contributed by atoms with E-state index in [9.17, 15) is 4.79 Å². The third kappa shape index (κ3) is 3.94. The normalized spacial score (nSPS) is 18.2. The van der Waals surface area contributed by atoms with Gasteiger partial charge in [-0.2, -0.15) is 0 Å². The lowest BCUT2D eigenvalue weighted by Gasteiger charge is -2.40. The number of benzene rings is 3. The van der Waals surface area contributed by atoms with E-state index in [0.29, 0.717) is 28.4 Å². The monoisotopic (exact) mass is 425 g/mol. The van der Waals surface area contributed by atoms with Crippen LogP contribution in [0.25, 0.3) is 22.3 Å². The number of rotatable bonds is 5. The number of fused-ring (bicyclic) bond motifs is 1. The van der Waals surface area contributed by atoms with Crippen LogP contribution in [-0.4, -0.2) is 13.1 Å². The summed E-state index contributed by atoms with van der Waals surface area (Å²) in [6, 6.07) is 27.1. The molecule has 0 bridgehead atoms. The highest BCUT2D eigenvalue weighted by Crippen LogP contribution is 2.38. The lowest BCUT2D eigenvalue weighted by atomic mass is 9.78. The van der Waals surface area contributed by atoms with Gasteiger partial charge in [-0.3, -0.25) is 4.79 Å². The second-order valence-corrected chi connectivity index (χ2v) is 8.62. The molecular formula is C28H27NO3. The maximum absolute atomic E-state index is 12.9. The minimum Gasteiger partial charge on any atom is -0.483 e. The Kier molecular flexibility index (Phi) is 5.54. The Labute approximate surface area is 187 Å². The summed E-state index contributed by atoms with van der Waals surface area (Å²) in [6.45, 7) is 4.11. The minimum absolute atomic E-state index is 0.0729. The van der Waals surface area contributed by atoms with Crippen LogP contribution in [-0.2, 0) is 5.60 Å². The fourth-order valence-corrected chi connectivity index (χ4v) is 4.66. The van der Waals surface area contributed by atoms with E-state index in [4.69, 9.17) is 9.15 Å². The highest BCUT2D eigenvalue weighted by atomic mass is 16.5. The van der Waals surface area contributed by atoms with Gasteiger partial charge in [0.25, 0.3) is 0 Å². The Balaban J connectivity index is 1.53. The Morgan fingerprint density at radius 3 is 2.44 bits per heavy atom. The number of piperidine rings is 1. The zero-order chi connectivity index (χ0) is 22.0. The molecule has 4 heteroatoms. The quantitative estimate of drug-likeness (QED) is 0.442. The van der Waals surface area contributed by atoms with E-state index in [1.165, 1.54) is 0 Å². The van der Waals surface area contributed by atoms with Gasteiger partial charge in [0.15, 0.2) is 5.43 Å². The van der Waals surface area contributed by atoms with E-state index in [2.05, 4.69) is 24.4 Å². The zero-order valence-corrected chi connectivity index (χ0v) is 18.2. The molecule has 4 aromatic rings. The van der Waals surface area contributed by atoms with Gasteiger partial charge in [-0.25, -0.2) is 0 Å². The van der Waals surface area contributed by atoms with Crippen molar-refractivity contribution in [1.29, 1.82) is 0 Å². The molecule has 1 aliphatic rings. The molecule has 162 valence electrons. The van der Waals surface area contributed by atoms with E-state index >= 15 is 0 Å². The molecule has 5 rings (SSSR count). The summed E-state index contributed by atoms with van der Waals surface area (Å²) in [5.41, 5.74) is 2.00. The first kappa shape index (κ1) is 20.5. The molecule has 0 saturated carbocycles. The Bertz CT molecular complexity index is 1260. The molecule has 1 saturated heterocycles. The van der Waals surface area contributed by atoms with Gasteiger partial charge in [-0.05, 0) is 50.1 Å². The lowest BCUT2D eigenvalue weighted by molar-refractivity contribution is 0.0101. The largest absolute Gasteiger partial charge is 0.483 e. The number of hydrogen-bond acceptors (Lipinski definition) is 4. The van der Waals surface area contributed by atoms with Crippen molar-refractivity contribution >= 4 is 11.0 Å². The van der Waals surface area contributed by atoms with Gasteiger partial charge in [0.1, 0.15) is 22.7 Å².